The molecule has 1 N–H and O–H groups in total. The second-order valence-corrected chi connectivity index (χ2v) is 8.48. The van der Waals surface area contributed by atoms with Crippen LogP contribution in [-0.4, -0.2) is 27.6 Å². The molecule has 0 radical (unpaired) electrons. The maximum absolute atomic E-state index is 12.6. The molecule has 5 nitrogen and oxygen atoms in total. The van der Waals surface area contributed by atoms with Gasteiger partial charge in [-0.1, -0.05) is 12.1 Å². The number of nitrogens with zero attached hydrogens (tertiary/aromatic N) is 3. The zero-order valence-corrected chi connectivity index (χ0v) is 15.9. The Morgan fingerprint density at radius 2 is 2.04 bits per heavy atom. The number of fused-ring (bicyclic) bond motifs is 1. The molecular formula is C20H24N4OS. The number of hydrogen-bond acceptors (Lipinski definition) is 4. The van der Waals surface area contributed by atoms with Crippen LogP contribution in [0.15, 0.2) is 28.4 Å². The number of anilines is 1. The summed E-state index contributed by atoms with van der Waals surface area (Å²) < 4.78 is 1.94. The van der Waals surface area contributed by atoms with Gasteiger partial charge in [0.05, 0.1) is 16.7 Å². The molecule has 26 heavy (non-hydrogen) atoms. The molecule has 0 amide bonds. The van der Waals surface area contributed by atoms with E-state index in [0.29, 0.717) is 5.92 Å². The fourth-order valence-electron chi connectivity index (χ4n) is 4.17. The zero-order chi connectivity index (χ0) is 17.7. The molecule has 1 aromatic carbocycles. The van der Waals surface area contributed by atoms with E-state index in [9.17, 15) is 4.79 Å². The summed E-state index contributed by atoms with van der Waals surface area (Å²) in [4.78, 5) is 23.0. The topological polar surface area (TPSA) is 53.9 Å². The molecule has 6 heteroatoms. The molecule has 1 aliphatic heterocycles. The average Bonchev–Trinajstić information content (AvgIpc) is 3.30. The molecule has 0 bridgehead atoms. The van der Waals surface area contributed by atoms with E-state index in [2.05, 4.69) is 28.3 Å². The van der Waals surface area contributed by atoms with Crippen LogP contribution in [0.3, 0.4) is 0 Å². The Kier molecular flexibility index (Phi) is 3.89. The Morgan fingerprint density at radius 1 is 1.23 bits per heavy atom. The van der Waals surface area contributed by atoms with Crippen LogP contribution in [0.5, 0.6) is 0 Å². The molecule has 2 fully saturated rings. The van der Waals surface area contributed by atoms with Crippen LogP contribution in [-0.2, 0) is 0 Å². The summed E-state index contributed by atoms with van der Waals surface area (Å²) >= 11 is 1.71. The second-order valence-electron chi connectivity index (χ2n) is 7.64. The summed E-state index contributed by atoms with van der Waals surface area (Å²) in [5.41, 5.74) is 3.91. The third-order valence-corrected chi connectivity index (χ3v) is 6.76. The van der Waals surface area contributed by atoms with Gasteiger partial charge in [0.25, 0.3) is 0 Å². The molecule has 2 aliphatic rings. The van der Waals surface area contributed by atoms with Crippen molar-refractivity contribution in [2.45, 2.75) is 45.1 Å². The first-order valence-electron chi connectivity index (χ1n) is 9.66. The molecule has 136 valence electrons. The van der Waals surface area contributed by atoms with Crippen molar-refractivity contribution in [3.05, 3.63) is 34.1 Å². The van der Waals surface area contributed by atoms with Gasteiger partial charge in [-0.05, 0) is 51.0 Å². The molecule has 1 saturated carbocycles. The van der Waals surface area contributed by atoms with Gasteiger partial charge in [-0.15, -0.1) is 11.3 Å². The monoisotopic (exact) mass is 368 g/mol. The van der Waals surface area contributed by atoms with Crippen molar-refractivity contribution in [3.63, 3.8) is 0 Å². The number of aromatic amines is 1. The molecule has 1 atom stereocenters. The second kappa shape index (κ2) is 6.27. The molecule has 1 saturated heterocycles. The highest BCUT2D eigenvalue weighted by atomic mass is 32.1. The van der Waals surface area contributed by atoms with Crippen molar-refractivity contribution in [3.8, 4) is 11.3 Å². The lowest BCUT2D eigenvalue weighted by Gasteiger charge is -2.25. The van der Waals surface area contributed by atoms with Crippen molar-refractivity contribution in [1.82, 2.24) is 14.5 Å². The highest BCUT2D eigenvalue weighted by Crippen LogP contribution is 2.40. The lowest BCUT2D eigenvalue weighted by atomic mass is 10.1. The van der Waals surface area contributed by atoms with Crippen LogP contribution >= 0.6 is 11.3 Å². The number of thiazole rings is 1. The molecule has 3 heterocycles. The summed E-state index contributed by atoms with van der Waals surface area (Å²) in [6.07, 6.45) is 6.28. The van der Waals surface area contributed by atoms with Crippen LogP contribution in [0.1, 0.15) is 45.1 Å². The molecule has 1 aliphatic carbocycles. The minimum Gasteiger partial charge on any atom is -0.348 e. The van der Waals surface area contributed by atoms with Gasteiger partial charge >= 0.3 is 5.69 Å². The highest BCUT2D eigenvalue weighted by Gasteiger charge is 2.31. The van der Waals surface area contributed by atoms with Crippen LogP contribution in [0.25, 0.3) is 22.3 Å². The smallest absolute Gasteiger partial charge is 0.326 e. The predicted molar refractivity (Wildman–Crippen MR) is 107 cm³/mol. The summed E-state index contributed by atoms with van der Waals surface area (Å²) in [5.74, 6) is 0.639. The Morgan fingerprint density at radius 3 is 2.81 bits per heavy atom. The minimum absolute atomic E-state index is 0.00154. The zero-order valence-electron chi connectivity index (χ0n) is 15.1. The first-order chi connectivity index (χ1) is 12.7. The van der Waals surface area contributed by atoms with E-state index in [1.54, 1.807) is 11.3 Å². The van der Waals surface area contributed by atoms with Crippen molar-refractivity contribution in [1.29, 1.82) is 0 Å². The van der Waals surface area contributed by atoms with Crippen molar-refractivity contribution in [2.75, 3.05) is 18.0 Å². The number of benzene rings is 1. The van der Waals surface area contributed by atoms with Crippen LogP contribution in [0, 0.1) is 5.92 Å². The first kappa shape index (κ1) is 16.1. The Bertz CT molecular complexity index is 991. The van der Waals surface area contributed by atoms with E-state index >= 15 is 0 Å². The number of hydrogen-bond donors (Lipinski definition) is 1. The minimum atomic E-state index is -0.00154. The number of imidazole rings is 1. The summed E-state index contributed by atoms with van der Waals surface area (Å²) in [6.45, 7) is 4.36. The standard InChI is InChI=1S/C20H24N4OS/c1-13(14-8-9-14)24-17-7-5-6-15(18(17)22-19(24)25)16-12-26-20(21-16)23-10-3-2-4-11-23/h5-7,12-14H,2-4,8-11H2,1H3,(H,22,25). The number of H-pyrrole nitrogens is 1. The quantitative estimate of drug-likeness (QED) is 0.742. The Balaban J connectivity index is 1.56. The molecule has 3 aromatic rings. The Hall–Kier alpha value is -2.08. The lowest BCUT2D eigenvalue weighted by molar-refractivity contribution is 0.485. The molecular weight excluding hydrogens is 344 g/mol. The van der Waals surface area contributed by atoms with Crippen LogP contribution < -0.4 is 10.6 Å². The van der Waals surface area contributed by atoms with Gasteiger partial charge in [-0.3, -0.25) is 4.57 Å². The number of rotatable bonds is 4. The maximum Gasteiger partial charge on any atom is 0.326 e. The van der Waals surface area contributed by atoms with E-state index in [1.165, 1.54) is 32.1 Å². The Labute approximate surface area is 156 Å². The van der Waals surface area contributed by atoms with Gasteiger partial charge in [0, 0.05) is 30.1 Å². The van der Waals surface area contributed by atoms with E-state index in [4.69, 9.17) is 4.98 Å². The molecule has 1 unspecified atom stereocenters. The number of para-hydroxylation sites is 1. The summed E-state index contributed by atoms with van der Waals surface area (Å²) in [6, 6.07) is 6.42. The fraction of sp³-hybridized carbons (Fsp3) is 0.500. The first-order valence-corrected chi connectivity index (χ1v) is 10.5. The van der Waals surface area contributed by atoms with Gasteiger partial charge < -0.3 is 9.88 Å². The van der Waals surface area contributed by atoms with Crippen LogP contribution in [0.2, 0.25) is 0 Å². The molecule has 0 spiro atoms. The van der Waals surface area contributed by atoms with E-state index in [-0.39, 0.29) is 11.7 Å². The van der Waals surface area contributed by atoms with Gasteiger partial charge in [0.2, 0.25) is 0 Å². The van der Waals surface area contributed by atoms with E-state index in [0.717, 1.165) is 40.5 Å². The normalized spacial score (nSPS) is 19.2. The SMILES string of the molecule is CC(C1CC1)n1c(=O)[nH]c2c(-c3csc(N4CCCCC4)n3)cccc21. The predicted octanol–water partition coefficient (Wildman–Crippen LogP) is 4.41. The average molecular weight is 369 g/mol. The van der Waals surface area contributed by atoms with Crippen molar-refractivity contribution in [2.24, 2.45) is 5.92 Å². The van der Waals surface area contributed by atoms with E-state index in [1.807, 2.05) is 16.7 Å². The summed E-state index contributed by atoms with van der Waals surface area (Å²) in [5, 5.41) is 3.23. The third-order valence-electron chi connectivity index (χ3n) is 5.86. The number of piperidine rings is 1. The molecule has 5 rings (SSSR count). The van der Waals surface area contributed by atoms with Gasteiger partial charge in [-0.25, -0.2) is 9.78 Å². The number of nitrogens with one attached hydrogen (secondary N) is 1. The van der Waals surface area contributed by atoms with Gasteiger partial charge in [0.1, 0.15) is 0 Å². The van der Waals surface area contributed by atoms with Gasteiger partial charge in [-0.2, -0.15) is 0 Å². The maximum atomic E-state index is 12.6. The fourth-order valence-corrected chi connectivity index (χ4v) is 5.05. The van der Waals surface area contributed by atoms with Crippen LogP contribution in [0.4, 0.5) is 5.13 Å². The highest BCUT2D eigenvalue weighted by molar-refractivity contribution is 7.14. The van der Waals surface area contributed by atoms with E-state index < -0.39 is 0 Å². The van der Waals surface area contributed by atoms with Crippen molar-refractivity contribution >= 4 is 27.5 Å². The van der Waals surface area contributed by atoms with Gasteiger partial charge in [0.15, 0.2) is 5.13 Å². The summed E-state index contributed by atoms with van der Waals surface area (Å²) in [7, 11) is 0. The molecule has 2 aromatic heterocycles. The number of aromatic nitrogens is 3. The largest absolute Gasteiger partial charge is 0.348 e. The third kappa shape index (κ3) is 2.67. The lowest BCUT2D eigenvalue weighted by Crippen LogP contribution is -2.29. The van der Waals surface area contributed by atoms with Crippen molar-refractivity contribution < 1.29 is 0 Å².